The summed E-state index contributed by atoms with van der Waals surface area (Å²) < 4.78 is 5.27. The Labute approximate surface area is 91.6 Å². The Morgan fingerprint density at radius 3 is 2.60 bits per heavy atom. The minimum atomic E-state index is -0.0408. The molecule has 0 saturated heterocycles. The second-order valence-corrected chi connectivity index (χ2v) is 4.25. The van der Waals surface area contributed by atoms with E-state index >= 15 is 0 Å². The lowest BCUT2D eigenvalue weighted by atomic mass is 10.1. The number of hydrogen-bond donors (Lipinski definition) is 2. The van der Waals surface area contributed by atoms with E-state index in [9.17, 15) is 0 Å². The summed E-state index contributed by atoms with van der Waals surface area (Å²) in [6.07, 6.45) is 0. The van der Waals surface area contributed by atoms with E-state index in [1.807, 2.05) is 18.2 Å². The highest BCUT2D eigenvalue weighted by atomic mass is 16.5. The van der Waals surface area contributed by atoms with Gasteiger partial charge in [-0.25, -0.2) is 0 Å². The lowest BCUT2D eigenvalue weighted by molar-refractivity contribution is 0.379. The maximum absolute atomic E-state index is 5.65. The van der Waals surface area contributed by atoms with E-state index in [1.54, 1.807) is 7.11 Å². The highest BCUT2D eigenvalue weighted by molar-refractivity contribution is 5.33. The van der Waals surface area contributed by atoms with Crippen molar-refractivity contribution in [2.75, 3.05) is 13.7 Å². The summed E-state index contributed by atoms with van der Waals surface area (Å²) in [5.74, 6) is 0.915. The molecule has 0 unspecified atom stereocenters. The predicted octanol–water partition coefficient (Wildman–Crippen LogP) is 1.52. The van der Waals surface area contributed by atoms with Gasteiger partial charge in [0.15, 0.2) is 0 Å². The molecule has 0 fully saturated rings. The Morgan fingerprint density at radius 1 is 1.33 bits per heavy atom. The van der Waals surface area contributed by atoms with Gasteiger partial charge in [-0.05, 0) is 19.9 Å². The molecule has 1 rings (SSSR count). The topological polar surface area (TPSA) is 47.3 Å². The van der Waals surface area contributed by atoms with E-state index in [2.05, 4.69) is 25.2 Å². The molecule has 1 aromatic carbocycles. The van der Waals surface area contributed by atoms with Gasteiger partial charge in [-0.2, -0.15) is 0 Å². The summed E-state index contributed by atoms with van der Waals surface area (Å²) in [5, 5.41) is 3.39. The number of hydrogen-bond acceptors (Lipinski definition) is 3. The molecule has 0 bridgehead atoms. The fraction of sp³-hybridized carbons (Fsp3) is 0.500. The first-order valence-corrected chi connectivity index (χ1v) is 5.16. The summed E-state index contributed by atoms with van der Waals surface area (Å²) in [6, 6.07) is 8.00. The van der Waals surface area contributed by atoms with Crippen LogP contribution in [0.15, 0.2) is 24.3 Å². The van der Waals surface area contributed by atoms with Crippen LogP contribution in [-0.2, 0) is 6.54 Å². The molecule has 0 atom stereocenters. The van der Waals surface area contributed by atoms with Crippen molar-refractivity contribution in [3.8, 4) is 5.75 Å². The van der Waals surface area contributed by atoms with Gasteiger partial charge < -0.3 is 15.8 Å². The number of rotatable bonds is 5. The molecule has 0 aromatic heterocycles. The maximum atomic E-state index is 5.65. The third kappa shape index (κ3) is 3.53. The molecule has 0 radical (unpaired) electrons. The van der Waals surface area contributed by atoms with Crippen LogP contribution in [-0.4, -0.2) is 19.2 Å². The Morgan fingerprint density at radius 2 is 2.00 bits per heavy atom. The molecule has 0 aliphatic carbocycles. The van der Waals surface area contributed by atoms with Gasteiger partial charge in [-0.1, -0.05) is 18.2 Å². The van der Waals surface area contributed by atoms with Crippen molar-refractivity contribution in [1.82, 2.24) is 5.32 Å². The molecule has 3 nitrogen and oxygen atoms in total. The molecule has 0 saturated carbocycles. The summed E-state index contributed by atoms with van der Waals surface area (Å²) in [5.41, 5.74) is 6.76. The van der Waals surface area contributed by atoms with Gasteiger partial charge in [-0.3, -0.25) is 0 Å². The average Bonchev–Trinajstić information content (AvgIpc) is 2.27. The first-order valence-electron chi connectivity index (χ1n) is 5.16. The smallest absolute Gasteiger partial charge is 0.123 e. The monoisotopic (exact) mass is 208 g/mol. The van der Waals surface area contributed by atoms with E-state index in [-0.39, 0.29) is 5.54 Å². The molecule has 84 valence electrons. The van der Waals surface area contributed by atoms with Crippen molar-refractivity contribution in [1.29, 1.82) is 0 Å². The molecular formula is C12H20N2O. The van der Waals surface area contributed by atoms with E-state index in [0.29, 0.717) is 6.54 Å². The second-order valence-electron chi connectivity index (χ2n) is 4.25. The highest BCUT2D eigenvalue weighted by Gasteiger charge is 2.14. The Kier molecular flexibility index (Phi) is 4.12. The number of benzene rings is 1. The molecule has 0 heterocycles. The van der Waals surface area contributed by atoms with E-state index in [0.717, 1.165) is 17.9 Å². The minimum Gasteiger partial charge on any atom is -0.496 e. The largest absolute Gasteiger partial charge is 0.496 e. The molecule has 3 N–H and O–H groups in total. The van der Waals surface area contributed by atoms with Crippen LogP contribution in [0.3, 0.4) is 0 Å². The SMILES string of the molecule is COc1ccccc1CNC(C)(C)CN. The van der Waals surface area contributed by atoms with Crippen molar-refractivity contribution in [3.05, 3.63) is 29.8 Å². The van der Waals surface area contributed by atoms with E-state index < -0.39 is 0 Å². The third-order valence-electron chi connectivity index (χ3n) is 2.46. The quantitative estimate of drug-likeness (QED) is 0.771. The Bertz CT molecular complexity index is 310. The zero-order valence-electron chi connectivity index (χ0n) is 9.71. The number of nitrogens with two attached hydrogens (primary N) is 1. The van der Waals surface area contributed by atoms with Crippen LogP contribution >= 0.6 is 0 Å². The molecule has 0 aliphatic heterocycles. The van der Waals surface area contributed by atoms with Gasteiger partial charge in [0.25, 0.3) is 0 Å². The predicted molar refractivity (Wildman–Crippen MR) is 63.0 cm³/mol. The lowest BCUT2D eigenvalue weighted by Crippen LogP contribution is -2.45. The summed E-state index contributed by atoms with van der Waals surface area (Å²) in [4.78, 5) is 0. The standard InChI is InChI=1S/C12H20N2O/c1-12(2,9-13)14-8-10-6-4-5-7-11(10)15-3/h4-7,14H,8-9,13H2,1-3H3. The van der Waals surface area contributed by atoms with Crippen LogP contribution in [0.4, 0.5) is 0 Å². The fourth-order valence-corrected chi connectivity index (χ4v) is 1.26. The van der Waals surface area contributed by atoms with Crippen molar-refractivity contribution in [2.24, 2.45) is 5.73 Å². The maximum Gasteiger partial charge on any atom is 0.123 e. The van der Waals surface area contributed by atoms with Crippen LogP contribution in [0.25, 0.3) is 0 Å². The van der Waals surface area contributed by atoms with Gasteiger partial charge >= 0.3 is 0 Å². The molecule has 0 amide bonds. The first-order chi connectivity index (χ1) is 7.09. The zero-order valence-corrected chi connectivity index (χ0v) is 9.71. The van der Waals surface area contributed by atoms with Crippen LogP contribution in [0.2, 0.25) is 0 Å². The number of ether oxygens (including phenoxy) is 1. The molecule has 1 aromatic rings. The van der Waals surface area contributed by atoms with E-state index in [4.69, 9.17) is 10.5 Å². The van der Waals surface area contributed by atoms with Crippen LogP contribution in [0.1, 0.15) is 19.4 Å². The van der Waals surface area contributed by atoms with Gasteiger partial charge in [-0.15, -0.1) is 0 Å². The number of para-hydroxylation sites is 1. The van der Waals surface area contributed by atoms with Gasteiger partial charge in [0.05, 0.1) is 7.11 Å². The van der Waals surface area contributed by atoms with E-state index in [1.165, 1.54) is 0 Å². The minimum absolute atomic E-state index is 0.0408. The highest BCUT2D eigenvalue weighted by Crippen LogP contribution is 2.17. The van der Waals surface area contributed by atoms with Crippen molar-refractivity contribution < 1.29 is 4.74 Å². The Balaban J connectivity index is 2.65. The van der Waals surface area contributed by atoms with Gasteiger partial charge in [0, 0.05) is 24.2 Å². The van der Waals surface area contributed by atoms with Gasteiger partial charge in [0.2, 0.25) is 0 Å². The third-order valence-corrected chi connectivity index (χ3v) is 2.46. The van der Waals surface area contributed by atoms with Crippen LogP contribution < -0.4 is 15.8 Å². The second kappa shape index (κ2) is 5.14. The Hall–Kier alpha value is -1.06. The summed E-state index contributed by atoms with van der Waals surface area (Å²) in [6.45, 7) is 5.56. The summed E-state index contributed by atoms with van der Waals surface area (Å²) in [7, 11) is 1.69. The molecule has 0 spiro atoms. The molecule has 0 aliphatic rings. The van der Waals surface area contributed by atoms with Gasteiger partial charge in [0.1, 0.15) is 5.75 Å². The fourth-order valence-electron chi connectivity index (χ4n) is 1.26. The van der Waals surface area contributed by atoms with Crippen LogP contribution in [0.5, 0.6) is 5.75 Å². The zero-order chi connectivity index (χ0) is 11.3. The molecular weight excluding hydrogens is 188 g/mol. The van der Waals surface area contributed by atoms with Crippen molar-refractivity contribution in [2.45, 2.75) is 25.9 Å². The normalized spacial score (nSPS) is 11.5. The number of nitrogens with one attached hydrogen (secondary N) is 1. The van der Waals surface area contributed by atoms with Crippen molar-refractivity contribution in [3.63, 3.8) is 0 Å². The van der Waals surface area contributed by atoms with Crippen LogP contribution in [0, 0.1) is 0 Å². The summed E-state index contributed by atoms with van der Waals surface area (Å²) >= 11 is 0. The molecule has 15 heavy (non-hydrogen) atoms. The first kappa shape index (κ1) is 12.0. The van der Waals surface area contributed by atoms with Crippen molar-refractivity contribution >= 4 is 0 Å². The lowest BCUT2D eigenvalue weighted by Gasteiger charge is -2.24. The number of methoxy groups -OCH3 is 1. The average molecular weight is 208 g/mol. The molecule has 3 heteroatoms.